The highest BCUT2D eigenvalue weighted by molar-refractivity contribution is 6.22. The third-order valence-corrected chi connectivity index (χ3v) is 4.82. The molecule has 1 unspecified atom stereocenters. The second kappa shape index (κ2) is 8.98. The van der Waals surface area contributed by atoms with Crippen molar-refractivity contribution in [3.05, 3.63) is 59.2 Å². The third-order valence-electron chi connectivity index (χ3n) is 4.82. The van der Waals surface area contributed by atoms with Crippen molar-refractivity contribution in [2.24, 2.45) is 5.92 Å². The van der Waals surface area contributed by atoms with Crippen LogP contribution in [0.5, 0.6) is 11.5 Å². The molecular formula is C23H26N2O5. The normalized spacial score (nSPS) is 14.0. The number of hydrogen-bond donors (Lipinski definition) is 1. The first kappa shape index (κ1) is 21.4. The van der Waals surface area contributed by atoms with Gasteiger partial charge in [0.2, 0.25) is 5.91 Å². The Hall–Kier alpha value is -3.35. The molecule has 0 bridgehead atoms. The average Bonchev–Trinajstić information content (AvgIpc) is 2.97. The molecule has 1 heterocycles. The molecule has 1 aliphatic heterocycles. The van der Waals surface area contributed by atoms with Crippen LogP contribution in [0.15, 0.2) is 42.5 Å². The zero-order valence-electron chi connectivity index (χ0n) is 17.6. The second-order valence-electron chi connectivity index (χ2n) is 7.65. The number of methoxy groups -OCH3 is 1. The van der Waals surface area contributed by atoms with Crippen molar-refractivity contribution in [1.29, 1.82) is 0 Å². The van der Waals surface area contributed by atoms with Crippen LogP contribution in [0, 0.1) is 5.92 Å². The van der Waals surface area contributed by atoms with Gasteiger partial charge < -0.3 is 14.8 Å². The van der Waals surface area contributed by atoms with Crippen LogP contribution in [0.1, 0.15) is 53.1 Å². The van der Waals surface area contributed by atoms with Crippen LogP contribution in [0.4, 0.5) is 0 Å². The molecule has 0 radical (unpaired) electrons. The summed E-state index contributed by atoms with van der Waals surface area (Å²) in [6.45, 7) is 6.19. The Balaban J connectivity index is 1.65. The molecule has 0 saturated heterocycles. The van der Waals surface area contributed by atoms with Crippen molar-refractivity contribution >= 4 is 17.7 Å². The molecule has 0 aliphatic carbocycles. The Kier molecular flexibility index (Phi) is 6.40. The summed E-state index contributed by atoms with van der Waals surface area (Å²) in [5.41, 5.74) is 1.47. The quantitative estimate of drug-likeness (QED) is 0.676. The topological polar surface area (TPSA) is 84.9 Å². The first-order valence-corrected chi connectivity index (χ1v) is 9.87. The van der Waals surface area contributed by atoms with E-state index in [1.54, 1.807) is 31.4 Å². The smallest absolute Gasteiger partial charge is 0.262 e. The lowest BCUT2D eigenvalue weighted by atomic mass is 10.1. The summed E-state index contributed by atoms with van der Waals surface area (Å²) in [7, 11) is 1.56. The van der Waals surface area contributed by atoms with Gasteiger partial charge in [0.25, 0.3) is 11.8 Å². The van der Waals surface area contributed by atoms with Gasteiger partial charge in [-0.25, -0.2) is 0 Å². The van der Waals surface area contributed by atoms with Crippen LogP contribution in [-0.2, 0) is 4.79 Å². The van der Waals surface area contributed by atoms with Gasteiger partial charge in [-0.3, -0.25) is 19.3 Å². The molecule has 3 rings (SSSR count). The van der Waals surface area contributed by atoms with Gasteiger partial charge in [0.15, 0.2) is 11.5 Å². The van der Waals surface area contributed by atoms with Crippen molar-refractivity contribution in [2.45, 2.75) is 26.8 Å². The summed E-state index contributed by atoms with van der Waals surface area (Å²) in [6.07, 6.45) is 0. The van der Waals surface area contributed by atoms with Crippen LogP contribution in [0.3, 0.4) is 0 Å². The molecule has 0 saturated carbocycles. The lowest BCUT2D eigenvalue weighted by Crippen LogP contribution is -2.41. The molecule has 2 aromatic carbocycles. The van der Waals surface area contributed by atoms with Gasteiger partial charge in [-0.2, -0.15) is 0 Å². The van der Waals surface area contributed by atoms with Crippen LogP contribution < -0.4 is 14.8 Å². The minimum atomic E-state index is -0.452. The Bertz CT molecular complexity index is 935. The van der Waals surface area contributed by atoms with E-state index in [1.165, 1.54) is 0 Å². The molecule has 1 N–H and O–H groups in total. The predicted octanol–water partition coefficient (Wildman–Crippen LogP) is 3.20. The van der Waals surface area contributed by atoms with Crippen molar-refractivity contribution < 1.29 is 23.9 Å². The standard InChI is InChI=1S/C23H26N2O5/c1-14(2)13-30-19-10-9-16(11-20(19)29-4)15(3)24-21(26)12-25-22(27)17-7-5-6-8-18(17)23(25)28/h5-11,14-15H,12-13H2,1-4H3,(H,24,26). The van der Waals surface area contributed by atoms with E-state index in [2.05, 4.69) is 19.2 Å². The molecule has 7 nitrogen and oxygen atoms in total. The molecule has 30 heavy (non-hydrogen) atoms. The first-order valence-electron chi connectivity index (χ1n) is 9.87. The van der Waals surface area contributed by atoms with Gasteiger partial charge in [0, 0.05) is 0 Å². The molecule has 3 amide bonds. The number of ether oxygens (including phenoxy) is 2. The summed E-state index contributed by atoms with van der Waals surface area (Å²) in [4.78, 5) is 38.3. The fraction of sp³-hybridized carbons (Fsp3) is 0.348. The molecule has 1 aliphatic rings. The largest absolute Gasteiger partial charge is 0.493 e. The summed E-state index contributed by atoms with van der Waals surface area (Å²) in [5.74, 6) is 0.276. The lowest BCUT2D eigenvalue weighted by molar-refractivity contribution is -0.122. The number of nitrogens with zero attached hydrogens (tertiary/aromatic N) is 1. The minimum absolute atomic E-state index is 0.324. The first-order chi connectivity index (χ1) is 14.3. The van der Waals surface area contributed by atoms with Gasteiger partial charge in [-0.1, -0.05) is 32.0 Å². The fourth-order valence-electron chi connectivity index (χ4n) is 3.23. The van der Waals surface area contributed by atoms with Crippen LogP contribution in [0.25, 0.3) is 0 Å². The van der Waals surface area contributed by atoms with Gasteiger partial charge in [-0.15, -0.1) is 0 Å². The molecule has 158 valence electrons. The highest BCUT2D eigenvalue weighted by Gasteiger charge is 2.36. The number of carbonyl (C=O) groups is 3. The third kappa shape index (κ3) is 4.45. The van der Waals surface area contributed by atoms with E-state index >= 15 is 0 Å². The second-order valence-corrected chi connectivity index (χ2v) is 7.65. The van der Waals surface area contributed by atoms with Crippen LogP contribution in [-0.4, -0.2) is 42.9 Å². The van der Waals surface area contributed by atoms with E-state index in [4.69, 9.17) is 9.47 Å². The van der Waals surface area contributed by atoms with Gasteiger partial charge in [0.05, 0.1) is 30.9 Å². The maximum absolute atomic E-state index is 12.5. The molecule has 0 fully saturated rings. The SMILES string of the molecule is COc1cc(C(C)NC(=O)CN2C(=O)c3ccccc3C2=O)ccc1OCC(C)C. The lowest BCUT2D eigenvalue weighted by Gasteiger charge is -2.19. The zero-order valence-corrected chi connectivity index (χ0v) is 17.6. The fourth-order valence-corrected chi connectivity index (χ4v) is 3.23. The minimum Gasteiger partial charge on any atom is -0.493 e. The number of imide groups is 1. The van der Waals surface area contributed by atoms with Gasteiger partial charge in [-0.05, 0) is 42.7 Å². The maximum Gasteiger partial charge on any atom is 0.262 e. The number of rotatable bonds is 8. The monoisotopic (exact) mass is 410 g/mol. The highest BCUT2D eigenvalue weighted by Crippen LogP contribution is 2.30. The molecular weight excluding hydrogens is 384 g/mol. The van der Waals surface area contributed by atoms with E-state index in [1.807, 2.05) is 25.1 Å². The average molecular weight is 410 g/mol. The number of hydrogen-bond acceptors (Lipinski definition) is 5. The summed E-state index contributed by atoms with van der Waals surface area (Å²) in [6, 6.07) is 11.7. The highest BCUT2D eigenvalue weighted by atomic mass is 16.5. The Morgan fingerprint density at radius 3 is 2.20 bits per heavy atom. The number of amides is 3. The zero-order chi connectivity index (χ0) is 21.8. The molecule has 0 aromatic heterocycles. The number of nitrogens with one attached hydrogen (secondary N) is 1. The van der Waals surface area contributed by atoms with Crippen LogP contribution >= 0.6 is 0 Å². The molecule has 7 heteroatoms. The molecule has 2 aromatic rings. The molecule has 1 atom stereocenters. The predicted molar refractivity (Wildman–Crippen MR) is 112 cm³/mol. The molecule has 0 spiro atoms. The van der Waals surface area contributed by atoms with Crippen molar-refractivity contribution in [3.63, 3.8) is 0 Å². The van der Waals surface area contributed by atoms with Gasteiger partial charge in [0.1, 0.15) is 6.54 Å². The summed E-state index contributed by atoms with van der Waals surface area (Å²) >= 11 is 0. The number of carbonyl (C=O) groups excluding carboxylic acids is 3. The van der Waals surface area contributed by atoms with Gasteiger partial charge >= 0.3 is 0 Å². The van der Waals surface area contributed by atoms with E-state index in [9.17, 15) is 14.4 Å². The number of fused-ring (bicyclic) bond motifs is 1. The van der Waals surface area contributed by atoms with Crippen molar-refractivity contribution in [2.75, 3.05) is 20.3 Å². The Labute approximate surface area is 176 Å². The van der Waals surface area contributed by atoms with Crippen molar-refractivity contribution in [1.82, 2.24) is 10.2 Å². The Morgan fingerprint density at radius 2 is 1.63 bits per heavy atom. The summed E-state index contributed by atoms with van der Waals surface area (Å²) in [5, 5.41) is 2.83. The van der Waals surface area contributed by atoms with E-state index in [0.29, 0.717) is 35.2 Å². The maximum atomic E-state index is 12.5. The van der Waals surface area contributed by atoms with Crippen LogP contribution in [0.2, 0.25) is 0 Å². The summed E-state index contributed by atoms with van der Waals surface area (Å²) < 4.78 is 11.2. The van der Waals surface area contributed by atoms with E-state index in [-0.39, 0.29) is 12.6 Å². The Morgan fingerprint density at radius 1 is 1.00 bits per heavy atom. The number of benzene rings is 2. The van der Waals surface area contributed by atoms with Crippen molar-refractivity contribution in [3.8, 4) is 11.5 Å². The van der Waals surface area contributed by atoms with E-state index in [0.717, 1.165) is 10.5 Å². The van der Waals surface area contributed by atoms with E-state index < -0.39 is 17.7 Å².